The van der Waals surface area contributed by atoms with Crippen LogP contribution in [0.3, 0.4) is 0 Å². The highest BCUT2D eigenvalue weighted by atomic mass is 35.5. The van der Waals surface area contributed by atoms with Crippen molar-refractivity contribution in [1.82, 2.24) is 9.38 Å². The SMILES string of the molecule is Cc1ccc(C(=O)/C=C/c2c(-c3ccc(Cl)cc3)nc3sccn23)cc1C. The Balaban J connectivity index is 1.74. The smallest absolute Gasteiger partial charge is 0.194 e. The molecule has 0 aliphatic heterocycles. The van der Waals surface area contributed by atoms with E-state index in [-0.39, 0.29) is 5.78 Å². The molecular formula is C22H17ClN2OS. The van der Waals surface area contributed by atoms with Crippen molar-refractivity contribution >= 4 is 39.8 Å². The van der Waals surface area contributed by atoms with Gasteiger partial charge in [-0.05, 0) is 55.3 Å². The molecule has 27 heavy (non-hydrogen) atoms. The van der Waals surface area contributed by atoms with Gasteiger partial charge in [0.05, 0.1) is 11.4 Å². The van der Waals surface area contributed by atoms with Crippen LogP contribution in [-0.4, -0.2) is 15.2 Å². The molecule has 0 aliphatic carbocycles. The summed E-state index contributed by atoms with van der Waals surface area (Å²) in [7, 11) is 0. The minimum Gasteiger partial charge on any atom is -0.290 e. The summed E-state index contributed by atoms with van der Waals surface area (Å²) in [4.78, 5) is 18.3. The lowest BCUT2D eigenvalue weighted by Gasteiger charge is -2.03. The molecule has 2 heterocycles. The fourth-order valence-electron chi connectivity index (χ4n) is 2.93. The predicted molar refractivity (Wildman–Crippen MR) is 113 cm³/mol. The molecule has 134 valence electrons. The first-order valence-electron chi connectivity index (χ1n) is 8.54. The van der Waals surface area contributed by atoms with Gasteiger partial charge in [0.15, 0.2) is 10.7 Å². The first kappa shape index (κ1) is 17.7. The van der Waals surface area contributed by atoms with Crippen molar-refractivity contribution < 1.29 is 4.79 Å². The van der Waals surface area contributed by atoms with Gasteiger partial charge in [-0.2, -0.15) is 0 Å². The zero-order valence-corrected chi connectivity index (χ0v) is 16.5. The molecule has 0 saturated heterocycles. The summed E-state index contributed by atoms with van der Waals surface area (Å²) in [6, 6.07) is 13.3. The molecule has 0 atom stereocenters. The Kier molecular flexibility index (Phi) is 4.68. The maximum atomic E-state index is 12.6. The summed E-state index contributed by atoms with van der Waals surface area (Å²) in [6.45, 7) is 4.05. The van der Waals surface area contributed by atoms with Crippen molar-refractivity contribution in [3.8, 4) is 11.3 Å². The van der Waals surface area contributed by atoms with E-state index in [2.05, 4.69) is 0 Å². The van der Waals surface area contributed by atoms with Crippen LogP contribution in [0, 0.1) is 13.8 Å². The molecule has 0 aliphatic rings. The van der Waals surface area contributed by atoms with E-state index in [4.69, 9.17) is 16.6 Å². The first-order valence-corrected chi connectivity index (χ1v) is 9.80. The van der Waals surface area contributed by atoms with Gasteiger partial charge in [0, 0.05) is 27.7 Å². The maximum absolute atomic E-state index is 12.6. The van der Waals surface area contributed by atoms with Gasteiger partial charge < -0.3 is 0 Å². The molecule has 4 rings (SSSR count). The van der Waals surface area contributed by atoms with Gasteiger partial charge in [0.25, 0.3) is 0 Å². The number of hydrogen-bond acceptors (Lipinski definition) is 3. The number of rotatable bonds is 4. The van der Waals surface area contributed by atoms with Gasteiger partial charge in [-0.25, -0.2) is 4.98 Å². The van der Waals surface area contributed by atoms with Gasteiger partial charge in [-0.15, -0.1) is 11.3 Å². The minimum atomic E-state index is -0.0228. The Hall–Kier alpha value is -2.69. The summed E-state index contributed by atoms with van der Waals surface area (Å²) in [5.74, 6) is -0.0228. The summed E-state index contributed by atoms with van der Waals surface area (Å²) < 4.78 is 2.00. The van der Waals surface area contributed by atoms with E-state index < -0.39 is 0 Å². The molecule has 2 aromatic carbocycles. The zero-order valence-electron chi connectivity index (χ0n) is 14.9. The van der Waals surface area contributed by atoms with Crippen LogP contribution >= 0.6 is 22.9 Å². The number of hydrogen-bond donors (Lipinski definition) is 0. The van der Waals surface area contributed by atoms with E-state index in [1.165, 1.54) is 5.56 Å². The molecule has 0 N–H and O–H groups in total. The number of benzene rings is 2. The third-order valence-corrected chi connectivity index (χ3v) is 5.61. The average molecular weight is 393 g/mol. The molecular weight excluding hydrogens is 376 g/mol. The van der Waals surface area contributed by atoms with Gasteiger partial charge in [0.1, 0.15) is 0 Å². The highest BCUT2D eigenvalue weighted by Crippen LogP contribution is 2.28. The summed E-state index contributed by atoms with van der Waals surface area (Å²) >= 11 is 7.57. The molecule has 0 amide bonds. The molecule has 0 unspecified atom stereocenters. The molecule has 2 aromatic heterocycles. The topological polar surface area (TPSA) is 34.4 Å². The Morgan fingerprint density at radius 3 is 2.63 bits per heavy atom. The number of imidazole rings is 1. The number of nitrogens with zero attached hydrogens (tertiary/aromatic N) is 2. The van der Waals surface area contributed by atoms with E-state index in [0.29, 0.717) is 10.6 Å². The van der Waals surface area contributed by atoms with Gasteiger partial charge in [-0.3, -0.25) is 9.20 Å². The van der Waals surface area contributed by atoms with Crippen molar-refractivity contribution in [2.24, 2.45) is 0 Å². The Morgan fingerprint density at radius 2 is 1.89 bits per heavy atom. The highest BCUT2D eigenvalue weighted by molar-refractivity contribution is 7.15. The van der Waals surface area contributed by atoms with Gasteiger partial charge in [-0.1, -0.05) is 35.9 Å². The van der Waals surface area contributed by atoms with Crippen molar-refractivity contribution in [2.75, 3.05) is 0 Å². The number of aromatic nitrogens is 2. The third-order valence-electron chi connectivity index (χ3n) is 4.60. The standard InChI is InChI=1S/C22H17ClN2OS/c1-14-3-4-17(13-15(14)2)20(26)10-9-19-21(16-5-7-18(23)8-6-16)24-22-25(19)11-12-27-22/h3-13H,1-2H3/b10-9+. The van der Waals surface area contributed by atoms with Crippen LogP contribution < -0.4 is 0 Å². The fourth-order valence-corrected chi connectivity index (χ4v) is 3.78. The molecule has 0 spiro atoms. The third kappa shape index (κ3) is 3.46. The summed E-state index contributed by atoms with van der Waals surface area (Å²) in [5, 5.41) is 2.66. The average Bonchev–Trinajstić information content (AvgIpc) is 3.24. The number of allylic oxidation sites excluding steroid dienone is 1. The van der Waals surface area contributed by atoms with Gasteiger partial charge >= 0.3 is 0 Å². The van der Waals surface area contributed by atoms with Crippen LogP contribution in [0.25, 0.3) is 22.3 Å². The van der Waals surface area contributed by atoms with E-state index in [1.54, 1.807) is 17.4 Å². The summed E-state index contributed by atoms with van der Waals surface area (Å²) in [5.41, 5.74) is 5.66. The number of aryl methyl sites for hydroxylation is 2. The molecule has 3 nitrogen and oxygen atoms in total. The second-order valence-electron chi connectivity index (χ2n) is 6.40. The van der Waals surface area contributed by atoms with E-state index in [9.17, 15) is 4.79 Å². The highest BCUT2D eigenvalue weighted by Gasteiger charge is 2.13. The largest absolute Gasteiger partial charge is 0.290 e. The first-order chi connectivity index (χ1) is 13.0. The maximum Gasteiger partial charge on any atom is 0.194 e. The fraction of sp³-hybridized carbons (Fsp3) is 0.0909. The number of thiazole rings is 1. The van der Waals surface area contributed by atoms with Crippen LogP contribution in [0.4, 0.5) is 0 Å². The van der Waals surface area contributed by atoms with Crippen molar-refractivity contribution in [3.63, 3.8) is 0 Å². The normalized spacial score (nSPS) is 11.5. The van der Waals surface area contributed by atoms with Crippen LogP contribution in [0.1, 0.15) is 27.2 Å². The van der Waals surface area contributed by atoms with E-state index in [1.807, 2.05) is 78.4 Å². The van der Waals surface area contributed by atoms with Crippen molar-refractivity contribution in [2.45, 2.75) is 13.8 Å². The van der Waals surface area contributed by atoms with Crippen LogP contribution in [0.15, 0.2) is 60.1 Å². The number of carbonyl (C=O) groups excluding carboxylic acids is 1. The Morgan fingerprint density at radius 1 is 1.11 bits per heavy atom. The van der Waals surface area contributed by atoms with Crippen molar-refractivity contribution in [1.29, 1.82) is 0 Å². The zero-order chi connectivity index (χ0) is 19.0. The second-order valence-corrected chi connectivity index (χ2v) is 7.71. The molecule has 0 bridgehead atoms. The van der Waals surface area contributed by atoms with Crippen molar-refractivity contribution in [3.05, 3.63) is 87.5 Å². The molecule has 5 heteroatoms. The minimum absolute atomic E-state index is 0.0228. The quantitative estimate of drug-likeness (QED) is 0.305. The Labute approximate surface area is 166 Å². The number of ketones is 1. The number of fused-ring (bicyclic) bond motifs is 1. The molecule has 0 radical (unpaired) electrons. The second kappa shape index (κ2) is 7.14. The van der Waals surface area contributed by atoms with Crippen LogP contribution in [0.2, 0.25) is 5.02 Å². The van der Waals surface area contributed by atoms with E-state index >= 15 is 0 Å². The lowest BCUT2D eigenvalue weighted by molar-refractivity contribution is 0.104. The van der Waals surface area contributed by atoms with Crippen LogP contribution in [-0.2, 0) is 0 Å². The number of halogens is 1. The Bertz CT molecular complexity index is 1170. The van der Waals surface area contributed by atoms with E-state index in [0.717, 1.165) is 27.5 Å². The lowest BCUT2D eigenvalue weighted by atomic mass is 10.0. The summed E-state index contributed by atoms with van der Waals surface area (Å²) in [6.07, 6.45) is 5.42. The number of carbonyl (C=O) groups is 1. The monoisotopic (exact) mass is 392 g/mol. The van der Waals surface area contributed by atoms with Gasteiger partial charge in [0.2, 0.25) is 0 Å². The predicted octanol–water partition coefficient (Wildman–Crippen LogP) is 6.23. The molecule has 0 saturated carbocycles. The van der Waals surface area contributed by atoms with Crippen LogP contribution in [0.5, 0.6) is 0 Å². The molecule has 0 fully saturated rings. The lowest BCUT2D eigenvalue weighted by Crippen LogP contribution is -1.96. The molecule has 4 aromatic rings.